The molecule has 0 saturated carbocycles. The number of halogens is 2. The summed E-state index contributed by atoms with van der Waals surface area (Å²) in [4.78, 5) is 111. The van der Waals surface area contributed by atoms with Crippen molar-refractivity contribution in [2.75, 3.05) is 26.2 Å². The van der Waals surface area contributed by atoms with E-state index < -0.39 is 99.7 Å². The minimum Gasteiger partial charge on any atom is -0.480 e. The minimum atomic E-state index is -4.09. The molecule has 0 unspecified atom stereocenters. The maximum absolute atomic E-state index is 14.6. The molecule has 24 nitrogen and oxygen atoms in total. The van der Waals surface area contributed by atoms with Gasteiger partial charge in [-0.15, -0.1) is 0 Å². The third-order valence-electron chi connectivity index (χ3n) is 12.3. The predicted octanol–water partition coefficient (Wildman–Crippen LogP) is 5.31. The zero-order valence-electron chi connectivity index (χ0n) is 46.0. The molecule has 0 aliphatic carbocycles. The van der Waals surface area contributed by atoms with Gasteiger partial charge in [-0.1, -0.05) is 77.3 Å². The Hall–Kier alpha value is -7.38. The lowest BCUT2D eigenvalue weighted by Crippen LogP contribution is -2.58. The van der Waals surface area contributed by atoms with Gasteiger partial charge in [-0.2, -0.15) is 0 Å². The van der Waals surface area contributed by atoms with Crippen LogP contribution < -0.4 is 42.4 Å². The van der Waals surface area contributed by atoms with Crippen molar-refractivity contribution in [2.24, 2.45) is 10.7 Å². The van der Waals surface area contributed by atoms with Gasteiger partial charge < -0.3 is 61.9 Å². The molecule has 10 N–H and O–H groups in total. The third-order valence-corrected chi connectivity index (χ3v) is 14.4. The van der Waals surface area contributed by atoms with Crippen LogP contribution >= 0.6 is 23.2 Å². The summed E-state index contributed by atoms with van der Waals surface area (Å²) in [6, 6.07) is 13.4. The first kappa shape index (κ1) is 66.1. The number of hydrogen-bond donors (Lipinski definition) is 9. The fraction of sp³-hybridized carbons (Fsp3) is 0.500. The largest absolute Gasteiger partial charge is 0.480 e. The molecule has 0 bridgehead atoms. The summed E-state index contributed by atoms with van der Waals surface area (Å²) in [7, 11) is -4.09. The Bertz CT molecular complexity index is 2780. The fourth-order valence-electron chi connectivity index (χ4n) is 8.07. The molecule has 1 saturated heterocycles. The number of hydrogen-bond acceptors (Lipinski definition) is 14. The number of guanidine groups is 1. The molecule has 5 atom stereocenters. The second-order valence-electron chi connectivity index (χ2n) is 20.1. The Labute approximate surface area is 481 Å². The molecular weight excluding hydrogens is 1120 g/mol. The van der Waals surface area contributed by atoms with Crippen molar-refractivity contribution in [1.29, 1.82) is 0 Å². The van der Waals surface area contributed by atoms with Crippen LogP contribution in [0.2, 0.25) is 10.0 Å². The van der Waals surface area contributed by atoms with E-state index in [-0.39, 0.29) is 89.2 Å². The molecular formula is C54H74Cl2N10O14S. The summed E-state index contributed by atoms with van der Waals surface area (Å²) >= 11 is 12.3. The van der Waals surface area contributed by atoms with Crippen LogP contribution in [0.1, 0.15) is 109 Å². The van der Waals surface area contributed by atoms with Crippen molar-refractivity contribution < 1.29 is 66.1 Å². The molecule has 1 aliphatic heterocycles. The molecule has 27 heteroatoms. The topological polar surface area (TPSA) is 344 Å². The van der Waals surface area contributed by atoms with Gasteiger partial charge in [0, 0.05) is 47.4 Å². The van der Waals surface area contributed by atoms with Crippen molar-refractivity contribution in [3.63, 3.8) is 0 Å². The quantitative estimate of drug-likeness (QED) is 0.0184. The Morgan fingerprint density at radius 3 is 1.79 bits per heavy atom. The number of amides is 7. The number of benzene rings is 3. The normalized spacial score (nSPS) is 14.9. The number of unbranched alkanes of at least 4 members (excludes halogenated alkanes) is 2. The highest BCUT2D eigenvalue weighted by molar-refractivity contribution is 7.90. The Balaban J connectivity index is 1.41. The number of carbonyl (C=O) groups is 8. The van der Waals surface area contributed by atoms with Gasteiger partial charge in [0.15, 0.2) is 0 Å². The first-order valence-corrected chi connectivity index (χ1v) is 28.7. The summed E-state index contributed by atoms with van der Waals surface area (Å²) in [5, 5.41) is 26.3. The van der Waals surface area contributed by atoms with E-state index in [2.05, 4.69) is 41.6 Å². The number of carboxylic acids is 1. The number of rotatable bonds is 29. The summed E-state index contributed by atoms with van der Waals surface area (Å²) in [6.45, 7) is 8.18. The van der Waals surface area contributed by atoms with E-state index in [1.165, 1.54) is 24.0 Å². The highest BCUT2D eigenvalue weighted by atomic mass is 35.5. The standard InChI is InChI=1S/C54H74Cl2N10O14S/c1-34-24-26-38(27-25-34)81(76,77)65-50(57)58-30-14-22-42(62-46(68)41(64-53(75)80-54(3,4)5)20-10-12-28-59-51(73)78-32-36-16-6-8-18-39(36)55)48(70)66-31-15-23-44(66)47(69)61-35(2)45(67)63-43(49(71)72)21-11-13-29-60-52(74)79-33-37-17-7-9-19-40(37)56/h6-9,16-19,24-27,35,41-44H,10-15,20-23,28-33H2,1-5H3,(H,59,73)(H,60,74)(H,61,69)(H,62,68)(H,63,67)(H,64,75)(H,71,72)(H3,57,58,65)/t35-,41-,42-,43-,44-/m0/s1. The van der Waals surface area contributed by atoms with Crippen LogP contribution in [0.25, 0.3) is 0 Å². The van der Waals surface area contributed by atoms with E-state index in [4.69, 9.17) is 43.1 Å². The number of aliphatic imine (C=N–C) groups is 1. The molecule has 444 valence electrons. The number of nitrogens with two attached hydrogens (primary N) is 1. The highest BCUT2D eigenvalue weighted by Gasteiger charge is 2.39. The molecule has 7 amide bonds. The molecule has 0 aromatic heterocycles. The van der Waals surface area contributed by atoms with Crippen LogP contribution in [0.15, 0.2) is 82.7 Å². The van der Waals surface area contributed by atoms with E-state index >= 15 is 0 Å². The van der Waals surface area contributed by atoms with Gasteiger partial charge in [-0.3, -0.25) is 24.2 Å². The number of nitrogens with one attached hydrogen (secondary N) is 7. The minimum absolute atomic E-state index is 0.00914. The van der Waals surface area contributed by atoms with E-state index in [0.717, 1.165) is 5.56 Å². The van der Waals surface area contributed by atoms with Crippen LogP contribution in [0.4, 0.5) is 14.4 Å². The van der Waals surface area contributed by atoms with E-state index in [9.17, 15) is 51.9 Å². The maximum atomic E-state index is 14.6. The fourth-order valence-corrected chi connectivity index (χ4v) is 9.40. The van der Waals surface area contributed by atoms with Gasteiger partial charge in [-0.05, 0) is 123 Å². The number of sulfonamides is 1. The molecule has 1 aliphatic rings. The molecule has 3 aromatic rings. The average Bonchev–Trinajstić information content (AvgIpc) is 3.97. The lowest BCUT2D eigenvalue weighted by Gasteiger charge is -2.30. The second kappa shape index (κ2) is 32.8. The first-order chi connectivity index (χ1) is 38.3. The number of carboxylic acid groups (broad SMARTS) is 1. The predicted molar refractivity (Wildman–Crippen MR) is 301 cm³/mol. The van der Waals surface area contributed by atoms with Crippen molar-refractivity contribution in [3.8, 4) is 0 Å². The summed E-state index contributed by atoms with van der Waals surface area (Å²) in [6.07, 6.45) is -0.619. The number of alkyl carbamates (subject to hydrolysis) is 3. The lowest BCUT2D eigenvalue weighted by molar-refractivity contribution is -0.143. The number of likely N-dealkylation sites (tertiary alicyclic amines) is 1. The monoisotopic (exact) mass is 1190 g/mol. The van der Waals surface area contributed by atoms with Crippen LogP contribution in [-0.4, -0.2) is 134 Å². The number of carbonyl (C=O) groups excluding carboxylic acids is 7. The Morgan fingerprint density at radius 2 is 1.25 bits per heavy atom. The zero-order valence-corrected chi connectivity index (χ0v) is 48.3. The highest BCUT2D eigenvalue weighted by Crippen LogP contribution is 2.22. The molecule has 81 heavy (non-hydrogen) atoms. The molecule has 1 fully saturated rings. The molecule has 4 rings (SSSR count). The van der Waals surface area contributed by atoms with E-state index in [1.54, 1.807) is 88.4 Å². The Kier molecular flexibility index (Phi) is 26.8. The molecule has 1 heterocycles. The van der Waals surface area contributed by atoms with E-state index in [0.29, 0.717) is 40.4 Å². The molecule has 3 aromatic carbocycles. The van der Waals surface area contributed by atoms with Gasteiger partial charge in [0.25, 0.3) is 10.0 Å². The SMILES string of the molecule is Cc1ccc(S(=O)(=O)NC(N)=NCCC[C@H](NC(=O)[C@H](CCCCNC(=O)OCc2ccccc2Cl)NC(=O)OC(C)(C)C)C(=O)N2CCC[C@H]2C(=O)N[C@@H](C)C(=O)N[C@@H](CCCCNC(=O)OCc2ccccc2Cl)C(=O)O)cc1. The average molecular weight is 1190 g/mol. The van der Waals surface area contributed by atoms with Gasteiger partial charge in [0.2, 0.25) is 29.6 Å². The van der Waals surface area contributed by atoms with Gasteiger partial charge in [0.05, 0.1) is 4.90 Å². The number of aryl methyl sites for hydroxylation is 1. The van der Waals surface area contributed by atoms with Crippen LogP contribution in [0.3, 0.4) is 0 Å². The smallest absolute Gasteiger partial charge is 0.408 e. The van der Waals surface area contributed by atoms with Crippen LogP contribution in [-0.2, 0) is 61.4 Å². The summed E-state index contributed by atoms with van der Waals surface area (Å²) in [5.74, 6) is -4.78. The van der Waals surface area contributed by atoms with Gasteiger partial charge >= 0.3 is 24.2 Å². The first-order valence-electron chi connectivity index (χ1n) is 26.4. The zero-order chi connectivity index (χ0) is 59.7. The number of aliphatic carboxylic acids is 1. The van der Waals surface area contributed by atoms with Crippen molar-refractivity contribution in [1.82, 2.24) is 41.5 Å². The van der Waals surface area contributed by atoms with Crippen molar-refractivity contribution in [3.05, 3.63) is 99.5 Å². The number of nitrogens with zero attached hydrogens (tertiary/aromatic N) is 2. The van der Waals surface area contributed by atoms with Crippen molar-refractivity contribution >= 4 is 87.1 Å². The van der Waals surface area contributed by atoms with Gasteiger partial charge in [0.1, 0.15) is 49.0 Å². The van der Waals surface area contributed by atoms with Gasteiger partial charge in [-0.25, -0.2) is 32.3 Å². The molecule has 0 radical (unpaired) electrons. The van der Waals surface area contributed by atoms with E-state index in [1.807, 2.05) is 0 Å². The lowest BCUT2D eigenvalue weighted by atomic mass is 10.1. The molecule has 0 spiro atoms. The number of ether oxygens (including phenoxy) is 3. The third kappa shape index (κ3) is 23.7. The van der Waals surface area contributed by atoms with Crippen molar-refractivity contribution in [2.45, 2.75) is 153 Å². The maximum Gasteiger partial charge on any atom is 0.408 e. The second-order valence-corrected chi connectivity index (χ2v) is 22.6. The summed E-state index contributed by atoms with van der Waals surface area (Å²) in [5.41, 5.74) is 7.09. The Morgan fingerprint density at radius 1 is 0.716 bits per heavy atom. The summed E-state index contributed by atoms with van der Waals surface area (Å²) < 4.78 is 44.0. The van der Waals surface area contributed by atoms with Crippen LogP contribution in [0.5, 0.6) is 0 Å². The van der Waals surface area contributed by atoms with Crippen LogP contribution in [0, 0.1) is 6.92 Å².